The van der Waals surface area contributed by atoms with E-state index in [9.17, 15) is 9.59 Å². The van der Waals surface area contributed by atoms with Crippen LogP contribution in [-0.4, -0.2) is 32.5 Å². The third kappa shape index (κ3) is 3.74. The molecule has 0 radical (unpaired) electrons. The van der Waals surface area contributed by atoms with Crippen LogP contribution in [0.2, 0.25) is 0 Å². The lowest BCUT2D eigenvalue weighted by molar-refractivity contribution is 0.0474. The summed E-state index contributed by atoms with van der Waals surface area (Å²) in [6.45, 7) is 3.61. The van der Waals surface area contributed by atoms with Gasteiger partial charge in [0.25, 0.3) is 0 Å². The van der Waals surface area contributed by atoms with Gasteiger partial charge in [0.05, 0.1) is 5.56 Å². The van der Waals surface area contributed by atoms with Gasteiger partial charge in [-0.05, 0) is 38.1 Å². The third-order valence-corrected chi connectivity index (χ3v) is 4.24. The van der Waals surface area contributed by atoms with E-state index in [0.717, 1.165) is 15.4 Å². The van der Waals surface area contributed by atoms with Crippen molar-refractivity contribution in [2.75, 3.05) is 25.6 Å². The van der Waals surface area contributed by atoms with Gasteiger partial charge in [-0.2, -0.15) is 0 Å². The second-order valence-corrected chi connectivity index (χ2v) is 6.73. The topological polar surface area (TPSA) is 46.6 Å². The molecule has 0 amide bonds. The van der Waals surface area contributed by atoms with E-state index in [0.29, 0.717) is 11.1 Å². The molecule has 0 bridgehead atoms. The third-order valence-electron chi connectivity index (χ3n) is 3.27. The molecule has 0 saturated heterocycles. The molecule has 0 saturated carbocycles. The van der Waals surface area contributed by atoms with Gasteiger partial charge in [-0.3, -0.25) is 4.79 Å². The number of aryl methyl sites for hydroxylation is 2. The van der Waals surface area contributed by atoms with Crippen LogP contribution in [0.4, 0.5) is 5.69 Å². The maximum Gasteiger partial charge on any atom is 0.338 e. The zero-order valence-electron chi connectivity index (χ0n) is 13.2. The van der Waals surface area contributed by atoms with Gasteiger partial charge >= 0.3 is 5.97 Å². The molecule has 2 aromatic rings. The zero-order chi connectivity index (χ0) is 16.3. The number of Topliss-reactive ketones (excluding diaryl/α,β-unsaturated/α-hetero) is 1. The number of ketones is 1. The van der Waals surface area contributed by atoms with Gasteiger partial charge < -0.3 is 9.64 Å². The average Bonchev–Trinajstić information content (AvgIpc) is 2.83. The summed E-state index contributed by atoms with van der Waals surface area (Å²) >= 11 is 1.57. The molecule has 5 heteroatoms. The van der Waals surface area contributed by atoms with Crippen molar-refractivity contribution in [3.63, 3.8) is 0 Å². The van der Waals surface area contributed by atoms with Crippen molar-refractivity contribution in [2.45, 2.75) is 13.8 Å². The smallest absolute Gasteiger partial charge is 0.338 e. The largest absolute Gasteiger partial charge is 0.454 e. The minimum absolute atomic E-state index is 0.168. The lowest BCUT2D eigenvalue weighted by Gasteiger charge is -2.13. The fraction of sp³-hybridized carbons (Fsp3) is 0.294. The Morgan fingerprint density at radius 2 is 1.91 bits per heavy atom. The first-order chi connectivity index (χ1) is 10.4. The number of esters is 1. The second-order valence-electron chi connectivity index (χ2n) is 5.27. The van der Waals surface area contributed by atoms with Crippen molar-refractivity contribution >= 4 is 28.8 Å². The quantitative estimate of drug-likeness (QED) is 0.626. The van der Waals surface area contributed by atoms with E-state index in [-0.39, 0.29) is 12.4 Å². The van der Waals surface area contributed by atoms with Crippen LogP contribution in [0.1, 0.15) is 30.5 Å². The van der Waals surface area contributed by atoms with E-state index in [2.05, 4.69) is 0 Å². The number of hydrogen-bond acceptors (Lipinski definition) is 5. The van der Waals surface area contributed by atoms with E-state index in [1.165, 1.54) is 0 Å². The predicted octanol–water partition coefficient (Wildman–Crippen LogP) is 3.47. The summed E-state index contributed by atoms with van der Waals surface area (Å²) in [6.07, 6.45) is 0. The van der Waals surface area contributed by atoms with Crippen molar-refractivity contribution in [3.05, 3.63) is 51.2 Å². The highest BCUT2D eigenvalue weighted by Crippen LogP contribution is 2.21. The number of thiophene rings is 1. The highest BCUT2D eigenvalue weighted by atomic mass is 32.1. The lowest BCUT2D eigenvalue weighted by atomic mass is 10.1. The van der Waals surface area contributed by atoms with Gasteiger partial charge in [-0.25, -0.2) is 4.79 Å². The maximum atomic E-state index is 12.1. The van der Waals surface area contributed by atoms with E-state index >= 15 is 0 Å². The fourth-order valence-corrected chi connectivity index (χ4v) is 3.05. The van der Waals surface area contributed by atoms with E-state index in [1.54, 1.807) is 29.5 Å². The van der Waals surface area contributed by atoms with Crippen molar-refractivity contribution < 1.29 is 14.3 Å². The number of rotatable bonds is 5. The van der Waals surface area contributed by atoms with Crippen molar-refractivity contribution in [1.82, 2.24) is 0 Å². The van der Waals surface area contributed by atoms with Gasteiger partial charge in [0.1, 0.15) is 0 Å². The molecule has 0 aliphatic carbocycles. The van der Waals surface area contributed by atoms with Crippen LogP contribution in [0, 0.1) is 13.8 Å². The summed E-state index contributed by atoms with van der Waals surface area (Å²) in [4.78, 5) is 28.1. The summed E-state index contributed by atoms with van der Waals surface area (Å²) < 4.78 is 5.14. The average molecular weight is 317 g/mol. The molecule has 0 fully saturated rings. The summed E-state index contributed by atoms with van der Waals surface area (Å²) in [6, 6.07) is 8.95. The number of benzene rings is 1. The van der Waals surface area contributed by atoms with Crippen LogP contribution in [0.15, 0.2) is 30.3 Å². The van der Waals surface area contributed by atoms with Crippen LogP contribution in [0.5, 0.6) is 0 Å². The van der Waals surface area contributed by atoms with Crippen LogP contribution in [0.25, 0.3) is 0 Å². The summed E-state index contributed by atoms with van der Waals surface area (Å²) in [5, 5.41) is 0. The minimum atomic E-state index is -0.485. The normalized spacial score (nSPS) is 10.4. The Bertz CT molecular complexity index is 704. The Balaban J connectivity index is 2.02. The summed E-state index contributed by atoms with van der Waals surface area (Å²) in [5.74, 6) is -0.652. The molecule has 22 heavy (non-hydrogen) atoms. The highest BCUT2D eigenvalue weighted by molar-refractivity contribution is 7.12. The van der Waals surface area contributed by atoms with Crippen LogP contribution in [0.3, 0.4) is 0 Å². The molecule has 116 valence electrons. The molecule has 0 spiro atoms. The molecular formula is C17H19NO3S. The minimum Gasteiger partial charge on any atom is -0.454 e. The fourth-order valence-electron chi connectivity index (χ4n) is 2.11. The van der Waals surface area contributed by atoms with E-state index < -0.39 is 5.97 Å². The Kier molecular flexibility index (Phi) is 4.98. The van der Waals surface area contributed by atoms with Gasteiger partial charge in [-0.15, -0.1) is 11.3 Å². The van der Waals surface area contributed by atoms with E-state index in [1.807, 2.05) is 45.0 Å². The molecule has 4 nitrogen and oxygen atoms in total. The number of ether oxygens (including phenoxy) is 1. The Hall–Kier alpha value is -2.14. The number of carbonyl (C=O) groups excluding carboxylic acids is 2. The number of anilines is 1. The number of carbonyl (C=O) groups is 2. The first-order valence-corrected chi connectivity index (χ1v) is 7.75. The molecular weight excluding hydrogens is 298 g/mol. The van der Waals surface area contributed by atoms with Crippen molar-refractivity contribution in [2.24, 2.45) is 0 Å². The van der Waals surface area contributed by atoms with Gasteiger partial charge in [-0.1, -0.05) is 6.07 Å². The second kappa shape index (κ2) is 6.75. The lowest BCUT2D eigenvalue weighted by Crippen LogP contribution is -2.15. The monoisotopic (exact) mass is 317 g/mol. The molecule has 1 heterocycles. The first-order valence-electron chi connectivity index (χ1n) is 6.93. The molecule has 1 aromatic carbocycles. The van der Waals surface area contributed by atoms with Crippen LogP contribution >= 0.6 is 11.3 Å². The van der Waals surface area contributed by atoms with E-state index in [4.69, 9.17) is 4.74 Å². The molecule has 0 unspecified atom stereocenters. The number of hydrogen-bond donors (Lipinski definition) is 0. The molecule has 2 rings (SSSR count). The molecule has 0 atom stereocenters. The van der Waals surface area contributed by atoms with Crippen LogP contribution in [-0.2, 0) is 4.74 Å². The number of nitrogens with zero attached hydrogens (tertiary/aromatic N) is 1. The van der Waals surface area contributed by atoms with Gasteiger partial charge in [0.15, 0.2) is 6.61 Å². The van der Waals surface area contributed by atoms with Gasteiger partial charge in [0, 0.05) is 35.1 Å². The van der Waals surface area contributed by atoms with Crippen molar-refractivity contribution in [3.8, 4) is 0 Å². The molecule has 0 aliphatic heterocycles. The maximum absolute atomic E-state index is 12.1. The Morgan fingerprint density at radius 1 is 1.18 bits per heavy atom. The summed E-state index contributed by atoms with van der Waals surface area (Å²) in [7, 11) is 3.80. The standard InChI is InChI=1S/C17H19NO3S/c1-11-8-15(12(2)22-11)16(19)10-21-17(20)13-6-5-7-14(9-13)18(3)4/h5-9H,10H2,1-4H3. The van der Waals surface area contributed by atoms with Crippen molar-refractivity contribution in [1.29, 1.82) is 0 Å². The first kappa shape index (κ1) is 16.2. The Morgan fingerprint density at radius 3 is 2.50 bits per heavy atom. The molecule has 0 aliphatic rings. The summed E-state index contributed by atoms with van der Waals surface area (Å²) in [5.41, 5.74) is 1.99. The van der Waals surface area contributed by atoms with Crippen LogP contribution < -0.4 is 4.90 Å². The predicted molar refractivity (Wildman–Crippen MR) is 89.2 cm³/mol. The molecule has 1 aromatic heterocycles. The Labute approximate surface area is 134 Å². The van der Waals surface area contributed by atoms with Gasteiger partial charge in [0.2, 0.25) is 5.78 Å². The highest BCUT2D eigenvalue weighted by Gasteiger charge is 2.15. The molecule has 0 N–H and O–H groups in total. The zero-order valence-corrected chi connectivity index (χ0v) is 14.0. The SMILES string of the molecule is Cc1cc(C(=O)COC(=O)c2cccc(N(C)C)c2)c(C)s1.